The summed E-state index contributed by atoms with van der Waals surface area (Å²) in [6, 6.07) is 31.9. The van der Waals surface area contributed by atoms with Gasteiger partial charge in [0.2, 0.25) is 13.6 Å². The standard InChI is InChI=1S/C36H33N3O5/c1-2-3-18-39-34(33(27-10-6-4-7-11-27)37-35(39)28-12-8-5-9-13-28)36(38-40,21-25-14-16-29-31(19-25)43-23-41-29)22-26-15-17-30-32(20-26)44-24-42-30/h4-17,19-20H,2-3,18,21-24H2,1H3. The van der Waals surface area contributed by atoms with Crippen molar-refractivity contribution in [1.82, 2.24) is 9.55 Å². The molecular weight excluding hydrogens is 554 g/mol. The van der Waals surface area contributed by atoms with Crippen LogP contribution in [0.15, 0.2) is 102 Å². The van der Waals surface area contributed by atoms with Crippen LogP contribution in [0.25, 0.3) is 22.6 Å². The van der Waals surface area contributed by atoms with Gasteiger partial charge in [-0.15, -0.1) is 4.91 Å². The first-order valence-corrected chi connectivity index (χ1v) is 15.0. The van der Waals surface area contributed by atoms with Crippen LogP contribution in [-0.4, -0.2) is 23.1 Å². The van der Waals surface area contributed by atoms with E-state index in [1.807, 2.05) is 84.9 Å². The minimum absolute atomic E-state index is 0.176. The molecule has 8 heteroatoms. The Morgan fingerprint density at radius 1 is 0.727 bits per heavy atom. The summed E-state index contributed by atoms with van der Waals surface area (Å²) in [6.07, 6.45) is 2.56. The largest absolute Gasteiger partial charge is 0.454 e. The number of aromatic nitrogens is 2. The lowest BCUT2D eigenvalue weighted by atomic mass is 9.80. The molecule has 0 radical (unpaired) electrons. The van der Waals surface area contributed by atoms with Crippen molar-refractivity contribution in [2.45, 2.75) is 44.7 Å². The fraction of sp³-hybridized carbons (Fsp3) is 0.250. The van der Waals surface area contributed by atoms with Crippen LogP contribution in [0, 0.1) is 4.91 Å². The van der Waals surface area contributed by atoms with Crippen molar-refractivity contribution in [2.24, 2.45) is 5.18 Å². The van der Waals surface area contributed by atoms with Crippen LogP contribution in [0.1, 0.15) is 36.6 Å². The number of unbranched alkanes of at least 4 members (excludes halogenated alkanes) is 1. The molecule has 44 heavy (non-hydrogen) atoms. The molecule has 0 amide bonds. The van der Waals surface area contributed by atoms with Gasteiger partial charge in [0.25, 0.3) is 0 Å². The summed E-state index contributed by atoms with van der Waals surface area (Å²) in [7, 11) is 0. The zero-order chi connectivity index (χ0) is 29.9. The average molecular weight is 588 g/mol. The summed E-state index contributed by atoms with van der Waals surface area (Å²) >= 11 is 0. The summed E-state index contributed by atoms with van der Waals surface area (Å²) in [4.78, 5) is 18.9. The summed E-state index contributed by atoms with van der Waals surface area (Å²) in [5.74, 6) is 3.53. The van der Waals surface area contributed by atoms with Crippen molar-refractivity contribution in [2.75, 3.05) is 13.6 Å². The van der Waals surface area contributed by atoms with E-state index in [4.69, 9.17) is 23.9 Å². The van der Waals surface area contributed by atoms with Gasteiger partial charge in [-0.1, -0.05) is 91.3 Å². The third kappa shape index (κ3) is 5.17. The second kappa shape index (κ2) is 11.9. The van der Waals surface area contributed by atoms with E-state index in [1.165, 1.54) is 0 Å². The first-order valence-electron chi connectivity index (χ1n) is 15.0. The number of nitrogens with zero attached hydrogens (tertiary/aromatic N) is 3. The highest BCUT2D eigenvalue weighted by Gasteiger charge is 2.42. The van der Waals surface area contributed by atoms with Crippen molar-refractivity contribution in [3.63, 3.8) is 0 Å². The summed E-state index contributed by atoms with van der Waals surface area (Å²) in [5, 5.41) is 4.07. The van der Waals surface area contributed by atoms with Gasteiger partial charge in [0.15, 0.2) is 28.5 Å². The molecule has 8 nitrogen and oxygen atoms in total. The Hall–Kier alpha value is -5.11. The highest BCUT2D eigenvalue weighted by molar-refractivity contribution is 5.70. The topological polar surface area (TPSA) is 84.2 Å². The van der Waals surface area contributed by atoms with E-state index in [-0.39, 0.29) is 13.6 Å². The normalized spacial score (nSPS) is 13.3. The van der Waals surface area contributed by atoms with Crippen molar-refractivity contribution in [1.29, 1.82) is 0 Å². The molecule has 3 heterocycles. The lowest BCUT2D eigenvalue weighted by molar-refractivity contribution is 0.173. The minimum Gasteiger partial charge on any atom is -0.454 e. The van der Waals surface area contributed by atoms with Crippen LogP contribution in [0.3, 0.4) is 0 Å². The van der Waals surface area contributed by atoms with Crippen LogP contribution in [0.4, 0.5) is 0 Å². The number of rotatable bonds is 11. The van der Waals surface area contributed by atoms with E-state index in [2.05, 4.69) is 28.8 Å². The van der Waals surface area contributed by atoms with Crippen LogP contribution < -0.4 is 18.9 Å². The van der Waals surface area contributed by atoms with E-state index in [0.29, 0.717) is 42.4 Å². The zero-order valence-electron chi connectivity index (χ0n) is 24.6. The number of fused-ring (bicyclic) bond motifs is 2. The maximum Gasteiger partial charge on any atom is 0.231 e. The maximum absolute atomic E-state index is 13.7. The predicted octanol–water partition coefficient (Wildman–Crippen LogP) is 7.92. The number of ether oxygens (including phenoxy) is 4. The van der Waals surface area contributed by atoms with Gasteiger partial charge in [-0.2, -0.15) is 0 Å². The highest BCUT2D eigenvalue weighted by atomic mass is 16.7. The molecule has 4 aromatic carbocycles. The quantitative estimate of drug-likeness (QED) is 0.146. The third-order valence-electron chi connectivity index (χ3n) is 8.26. The van der Waals surface area contributed by atoms with Crippen LogP contribution in [-0.2, 0) is 24.9 Å². The monoisotopic (exact) mass is 587 g/mol. The van der Waals surface area contributed by atoms with Gasteiger partial charge in [-0.05, 0) is 41.8 Å². The van der Waals surface area contributed by atoms with E-state index < -0.39 is 5.54 Å². The Balaban J connectivity index is 1.47. The molecule has 7 rings (SSSR count). The van der Waals surface area contributed by atoms with E-state index in [1.54, 1.807) is 0 Å². The molecule has 2 aliphatic heterocycles. The Kier molecular flexibility index (Phi) is 7.48. The second-order valence-corrected chi connectivity index (χ2v) is 11.2. The fourth-order valence-corrected chi connectivity index (χ4v) is 6.18. The molecule has 0 saturated carbocycles. The number of hydrogen-bond donors (Lipinski definition) is 0. The van der Waals surface area contributed by atoms with E-state index >= 15 is 0 Å². The highest BCUT2D eigenvalue weighted by Crippen LogP contribution is 2.45. The molecule has 0 aliphatic carbocycles. The van der Waals surface area contributed by atoms with Gasteiger partial charge in [0, 0.05) is 30.5 Å². The average Bonchev–Trinajstić information content (AvgIpc) is 3.82. The molecule has 222 valence electrons. The van der Waals surface area contributed by atoms with Gasteiger partial charge in [0.05, 0.1) is 11.4 Å². The van der Waals surface area contributed by atoms with Crippen molar-refractivity contribution >= 4 is 0 Å². The molecule has 2 aliphatic rings. The van der Waals surface area contributed by atoms with Crippen molar-refractivity contribution in [3.05, 3.63) is 119 Å². The lowest BCUT2D eigenvalue weighted by Crippen LogP contribution is -2.33. The smallest absolute Gasteiger partial charge is 0.231 e. The van der Waals surface area contributed by atoms with Crippen LogP contribution in [0.5, 0.6) is 23.0 Å². The van der Waals surface area contributed by atoms with Gasteiger partial charge in [-0.3, -0.25) is 0 Å². The molecule has 1 aromatic heterocycles. The molecule has 0 atom stereocenters. The molecule has 0 fully saturated rings. The summed E-state index contributed by atoms with van der Waals surface area (Å²) < 4.78 is 24.8. The molecule has 5 aromatic rings. The maximum atomic E-state index is 13.7. The Bertz CT molecular complexity index is 1730. The summed E-state index contributed by atoms with van der Waals surface area (Å²) in [6.45, 7) is 3.21. The van der Waals surface area contributed by atoms with Crippen LogP contribution >= 0.6 is 0 Å². The Morgan fingerprint density at radius 2 is 1.27 bits per heavy atom. The zero-order valence-corrected chi connectivity index (χ0v) is 24.6. The second-order valence-electron chi connectivity index (χ2n) is 11.2. The first-order chi connectivity index (χ1) is 21.7. The summed E-state index contributed by atoms with van der Waals surface area (Å²) in [5.41, 5.74) is 4.05. The van der Waals surface area contributed by atoms with Gasteiger partial charge < -0.3 is 23.5 Å². The minimum atomic E-state index is -1.24. The van der Waals surface area contributed by atoms with Gasteiger partial charge in [-0.25, -0.2) is 4.98 Å². The van der Waals surface area contributed by atoms with Crippen molar-refractivity contribution < 1.29 is 18.9 Å². The first kappa shape index (κ1) is 27.7. The predicted molar refractivity (Wildman–Crippen MR) is 168 cm³/mol. The van der Waals surface area contributed by atoms with E-state index in [0.717, 1.165) is 52.3 Å². The molecule has 0 bridgehead atoms. The number of hydrogen-bond acceptors (Lipinski definition) is 7. The lowest BCUT2D eigenvalue weighted by Gasteiger charge is -2.30. The molecule has 0 spiro atoms. The SMILES string of the molecule is CCCCn1c(-c2ccccc2)nc(-c2ccccc2)c1C(Cc1ccc2c(c1)OCO2)(Cc1ccc2c(c1)OCO2)N=O. The fourth-order valence-electron chi connectivity index (χ4n) is 6.18. The molecule has 0 N–H and O–H groups in total. The molecule has 0 unspecified atom stereocenters. The third-order valence-corrected chi connectivity index (χ3v) is 8.26. The Morgan fingerprint density at radius 3 is 1.82 bits per heavy atom. The van der Waals surface area contributed by atoms with Crippen molar-refractivity contribution in [3.8, 4) is 45.6 Å². The number of nitroso groups, excluding NO2 is 1. The molecule has 0 saturated heterocycles. The van der Waals surface area contributed by atoms with Gasteiger partial charge >= 0.3 is 0 Å². The van der Waals surface area contributed by atoms with E-state index in [9.17, 15) is 4.91 Å². The van der Waals surface area contributed by atoms with Gasteiger partial charge in [0.1, 0.15) is 5.82 Å². The Labute approximate surface area is 256 Å². The number of imidazole rings is 1. The number of benzene rings is 4. The molecular formula is C36H33N3O5. The van der Waals surface area contributed by atoms with Crippen LogP contribution in [0.2, 0.25) is 0 Å².